The van der Waals surface area contributed by atoms with Crippen LogP contribution in [0.5, 0.6) is 0 Å². The van der Waals surface area contributed by atoms with E-state index in [2.05, 4.69) is 71.7 Å². The smallest absolute Gasteiger partial charge is 0.147 e. The quantitative estimate of drug-likeness (QED) is 0.236. The predicted octanol–water partition coefficient (Wildman–Crippen LogP) is 10.1. The first-order valence-electron chi connectivity index (χ1n) is 12.9. The fourth-order valence-corrected chi connectivity index (χ4v) is 6.01. The summed E-state index contributed by atoms with van der Waals surface area (Å²) in [4.78, 5) is 4.26. The zero-order chi connectivity index (χ0) is 25.5. The lowest BCUT2D eigenvalue weighted by Crippen LogP contribution is -1.83. The van der Waals surface area contributed by atoms with Crippen molar-refractivity contribution in [1.82, 2.24) is 4.98 Å². The monoisotopic (exact) mass is 501 g/mol. The molecule has 5 aromatic carbocycles. The van der Waals surface area contributed by atoms with E-state index in [9.17, 15) is 0 Å². The molecule has 9 rings (SSSR count). The number of fused-ring (bicyclic) bond motifs is 11. The molecule has 0 bridgehead atoms. The molecule has 0 spiro atoms. The summed E-state index contributed by atoms with van der Waals surface area (Å²) in [7, 11) is 0. The van der Waals surface area contributed by atoms with Crippen molar-refractivity contribution in [3.8, 4) is 22.3 Å². The highest BCUT2D eigenvalue weighted by Crippen LogP contribution is 2.47. The summed E-state index contributed by atoms with van der Waals surface area (Å²) < 4.78 is 19.5. The van der Waals surface area contributed by atoms with Crippen molar-refractivity contribution in [1.29, 1.82) is 0 Å². The lowest BCUT2D eigenvalue weighted by atomic mass is 9.96. The van der Waals surface area contributed by atoms with Gasteiger partial charge in [0.25, 0.3) is 0 Å². The van der Waals surface area contributed by atoms with Crippen molar-refractivity contribution >= 4 is 65.8 Å². The Bertz CT molecular complexity index is 2370. The van der Waals surface area contributed by atoms with E-state index in [0.717, 1.165) is 88.1 Å². The van der Waals surface area contributed by atoms with Crippen LogP contribution in [-0.4, -0.2) is 4.98 Å². The molecule has 182 valence electrons. The Morgan fingerprint density at radius 2 is 1.18 bits per heavy atom. The van der Waals surface area contributed by atoms with Gasteiger partial charge < -0.3 is 13.3 Å². The molecule has 0 aliphatic carbocycles. The van der Waals surface area contributed by atoms with Crippen LogP contribution in [0.3, 0.4) is 0 Å². The Balaban J connectivity index is 1.40. The highest BCUT2D eigenvalue weighted by molar-refractivity contribution is 6.33. The van der Waals surface area contributed by atoms with Crippen LogP contribution in [0.4, 0.5) is 0 Å². The zero-order valence-electron chi connectivity index (χ0n) is 20.6. The molecule has 0 aliphatic heterocycles. The van der Waals surface area contributed by atoms with Crippen molar-refractivity contribution in [2.75, 3.05) is 0 Å². The van der Waals surface area contributed by atoms with Gasteiger partial charge in [-0.15, -0.1) is 0 Å². The number of rotatable bonds is 2. The van der Waals surface area contributed by atoms with E-state index >= 15 is 0 Å². The summed E-state index contributed by atoms with van der Waals surface area (Å²) in [5, 5.41) is 6.28. The average Bonchev–Trinajstić information content (AvgIpc) is 3.68. The Morgan fingerprint density at radius 1 is 0.436 bits per heavy atom. The van der Waals surface area contributed by atoms with Crippen molar-refractivity contribution in [2.45, 2.75) is 0 Å². The molecule has 0 N–H and O–H groups in total. The van der Waals surface area contributed by atoms with E-state index in [4.69, 9.17) is 13.3 Å². The second-order valence-corrected chi connectivity index (χ2v) is 9.93. The maximum Gasteiger partial charge on any atom is 0.147 e. The zero-order valence-corrected chi connectivity index (χ0v) is 20.6. The van der Waals surface area contributed by atoms with Gasteiger partial charge in [-0.1, -0.05) is 66.7 Å². The third-order valence-electron chi connectivity index (χ3n) is 7.78. The highest BCUT2D eigenvalue weighted by Gasteiger charge is 2.23. The number of pyridine rings is 1. The SMILES string of the molecule is c1cncc(-c2ccc(-c3cc4oc5ccc6c7ccccc7oc6c5c4c4c3oc3ccccc34)cc2)c1. The molecule has 0 radical (unpaired) electrons. The molecular formula is C35H19NO3. The maximum absolute atomic E-state index is 6.57. The first kappa shape index (κ1) is 20.7. The molecule has 0 saturated heterocycles. The van der Waals surface area contributed by atoms with Crippen molar-refractivity contribution in [3.63, 3.8) is 0 Å². The number of aromatic nitrogens is 1. The van der Waals surface area contributed by atoms with Gasteiger partial charge in [-0.2, -0.15) is 0 Å². The number of benzene rings is 5. The van der Waals surface area contributed by atoms with Gasteiger partial charge in [0.1, 0.15) is 33.5 Å². The minimum atomic E-state index is 0.798. The topological polar surface area (TPSA) is 52.3 Å². The summed E-state index contributed by atoms with van der Waals surface area (Å²) >= 11 is 0. The van der Waals surface area contributed by atoms with E-state index < -0.39 is 0 Å². The van der Waals surface area contributed by atoms with Gasteiger partial charge in [0.05, 0.1) is 5.39 Å². The fourth-order valence-electron chi connectivity index (χ4n) is 6.01. The largest absolute Gasteiger partial charge is 0.456 e. The minimum Gasteiger partial charge on any atom is -0.456 e. The van der Waals surface area contributed by atoms with E-state index in [1.54, 1.807) is 6.20 Å². The molecule has 39 heavy (non-hydrogen) atoms. The van der Waals surface area contributed by atoms with Crippen molar-refractivity contribution in [2.24, 2.45) is 0 Å². The van der Waals surface area contributed by atoms with E-state index in [0.29, 0.717) is 0 Å². The molecule has 4 aromatic heterocycles. The van der Waals surface area contributed by atoms with Crippen LogP contribution in [0.25, 0.3) is 88.1 Å². The van der Waals surface area contributed by atoms with Gasteiger partial charge in [-0.3, -0.25) is 4.98 Å². The van der Waals surface area contributed by atoms with Gasteiger partial charge in [-0.05, 0) is 53.1 Å². The predicted molar refractivity (Wildman–Crippen MR) is 157 cm³/mol. The van der Waals surface area contributed by atoms with Crippen molar-refractivity contribution < 1.29 is 13.3 Å². The Kier molecular flexibility index (Phi) is 4.02. The number of hydrogen-bond acceptors (Lipinski definition) is 4. The second-order valence-electron chi connectivity index (χ2n) is 9.93. The lowest BCUT2D eigenvalue weighted by Gasteiger charge is -2.06. The molecule has 0 aliphatic rings. The number of nitrogens with zero attached hydrogens (tertiary/aromatic N) is 1. The third kappa shape index (κ3) is 2.85. The highest BCUT2D eigenvalue weighted by atomic mass is 16.3. The Labute approximate surface area is 221 Å². The maximum atomic E-state index is 6.57. The van der Waals surface area contributed by atoms with Gasteiger partial charge in [0.15, 0.2) is 0 Å². The molecular weight excluding hydrogens is 482 g/mol. The average molecular weight is 502 g/mol. The molecule has 0 unspecified atom stereocenters. The second kappa shape index (κ2) is 7.59. The Hall–Kier alpha value is -5.35. The molecule has 0 fully saturated rings. The Morgan fingerprint density at radius 3 is 2.00 bits per heavy atom. The van der Waals surface area contributed by atoms with Crippen molar-refractivity contribution in [3.05, 3.63) is 116 Å². The number of hydrogen-bond donors (Lipinski definition) is 0. The first-order valence-corrected chi connectivity index (χ1v) is 12.9. The van der Waals surface area contributed by atoms with Gasteiger partial charge in [0.2, 0.25) is 0 Å². The summed E-state index contributed by atoms with van der Waals surface area (Å²) in [5.41, 5.74) is 9.25. The molecule has 4 nitrogen and oxygen atoms in total. The van der Waals surface area contributed by atoms with E-state index in [-0.39, 0.29) is 0 Å². The van der Waals surface area contributed by atoms with E-state index in [1.807, 2.05) is 42.6 Å². The molecule has 4 heteroatoms. The lowest BCUT2D eigenvalue weighted by molar-refractivity contribution is 0.660. The fraction of sp³-hybridized carbons (Fsp3) is 0. The van der Waals surface area contributed by atoms with Gasteiger partial charge >= 0.3 is 0 Å². The third-order valence-corrected chi connectivity index (χ3v) is 7.78. The van der Waals surface area contributed by atoms with Gasteiger partial charge in [-0.25, -0.2) is 0 Å². The molecule has 0 amide bonds. The molecule has 4 heterocycles. The standard InChI is InChI=1S/C35H19NO3/c1-3-9-27-23(7-1)24-15-16-29-33(34(24)38-27)32-30(37-29)18-26(35-31(32)25-8-2-4-10-28(25)39-35)21-13-11-20(12-14-21)22-6-5-17-36-19-22/h1-19H. The minimum absolute atomic E-state index is 0.798. The normalized spacial score (nSPS) is 12.1. The van der Waals surface area contributed by atoms with Crippen LogP contribution in [0, 0.1) is 0 Å². The first-order chi connectivity index (χ1) is 19.3. The number of furan rings is 3. The van der Waals surface area contributed by atoms with Crippen LogP contribution in [0.15, 0.2) is 129 Å². The van der Waals surface area contributed by atoms with Crippen LogP contribution in [0.2, 0.25) is 0 Å². The van der Waals surface area contributed by atoms with Crippen LogP contribution in [-0.2, 0) is 0 Å². The summed E-state index contributed by atoms with van der Waals surface area (Å²) in [6.45, 7) is 0. The summed E-state index contributed by atoms with van der Waals surface area (Å²) in [6.07, 6.45) is 3.67. The molecule has 0 saturated carbocycles. The van der Waals surface area contributed by atoms with Gasteiger partial charge in [0, 0.05) is 44.9 Å². The summed E-state index contributed by atoms with van der Waals surface area (Å²) in [6, 6.07) is 35.2. The van der Waals surface area contributed by atoms with Crippen LogP contribution < -0.4 is 0 Å². The van der Waals surface area contributed by atoms with Crippen LogP contribution >= 0.6 is 0 Å². The summed E-state index contributed by atoms with van der Waals surface area (Å²) in [5.74, 6) is 0. The van der Waals surface area contributed by atoms with Crippen LogP contribution in [0.1, 0.15) is 0 Å². The number of para-hydroxylation sites is 2. The molecule has 9 aromatic rings. The molecule has 0 atom stereocenters. The van der Waals surface area contributed by atoms with E-state index in [1.165, 1.54) is 0 Å².